The largest absolute Gasteiger partial charge is 0.456 e. The average Bonchev–Trinajstić information content (AvgIpc) is 2.01. The molecule has 1 aromatic heterocycles. The lowest BCUT2D eigenvalue weighted by molar-refractivity contribution is 0.486. The van der Waals surface area contributed by atoms with E-state index in [1.807, 2.05) is 0 Å². The van der Waals surface area contributed by atoms with Crippen molar-refractivity contribution in [1.82, 2.24) is 4.57 Å². The summed E-state index contributed by atoms with van der Waals surface area (Å²) < 4.78 is 9.84. The summed E-state index contributed by atoms with van der Waals surface area (Å²) >= 11 is 0. The van der Waals surface area contributed by atoms with Gasteiger partial charge in [0.05, 0.1) is 22.4 Å². The van der Waals surface area contributed by atoms with E-state index >= 15 is 0 Å². The lowest BCUT2D eigenvalue weighted by Gasteiger charge is -2.46. The van der Waals surface area contributed by atoms with Crippen molar-refractivity contribution in [3.63, 3.8) is 0 Å². The first kappa shape index (κ1) is 47.0. The maximum atomic E-state index is 7.34. The number of rotatable bonds is 6. The third kappa shape index (κ3) is 7.48. The topological polar surface area (TPSA) is 20.6 Å². The van der Waals surface area contributed by atoms with E-state index in [4.69, 9.17) is 4.74 Å². The third-order valence-electron chi connectivity index (χ3n) is 17.3. The van der Waals surface area contributed by atoms with Crippen molar-refractivity contribution < 1.29 is 4.74 Å². The number of hydrogen-bond donors (Lipinski definition) is 0. The zero-order valence-corrected chi connectivity index (χ0v) is 45.2. The summed E-state index contributed by atoms with van der Waals surface area (Å²) in [4.78, 5) is 5.19. The van der Waals surface area contributed by atoms with Crippen molar-refractivity contribution in [3.05, 3.63) is 303 Å². The molecule has 0 saturated heterocycles. The molecule has 3 aliphatic rings. The van der Waals surface area contributed by atoms with Gasteiger partial charge in [0.15, 0.2) is 0 Å². The molecule has 0 atom stereocenters. The number of nitrogens with zero attached hydrogens (tertiary/aromatic N) is 3. The van der Waals surface area contributed by atoms with Crippen LogP contribution in [0.4, 0.5) is 34.1 Å². The molecule has 0 radical (unpaired) electrons. The number of hydrogen-bond acceptors (Lipinski definition) is 3. The van der Waals surface area contributed by atoms with Gasteiger partial charge in [0.2, 0.25) is 0 Å². The van der Waals surface area contributed by atoms with Crippen LogP contribution in [0.2, 0.25) is 0 Å². The highest BCUT2D eigenvalue weighted by Gasteiger charge is 2.46. The van der Waals surface area contributed by atoms with Crippen LogP contribution in [0.25, 0.3) is 94.3 Å². The molecule has 5 heteroatoms. The van der Waals surface area contributed by atoms with E-state index in [0.717, 1.165) is 107 Å². The van der Waals surface area contributed by atoms with E-state index < -0.39 is 0 Å². The Balaban J connectivity index is 1.06. The van der Waals surface area contributed by atoms with Gasteiger partial charge in [-0.05, 0) is 134 Å². The van der Waals surface area contributed by atoms with Gasteiger partial charge in [0.25, 0.3) is 6.71 Å². The Kier molecular flexibility index (Phi) is 10.7. The Labute approximate surface area is 482 Å². The second kappa shape index (κ2) is 18.9. The van der Waals surface area contributed by atoms with Crippen LogP contribution in [0.15, 0.2) is 303 Å². The van der Waals surface area contributed by atoms with Gasteiger partial charge in [-0.15, -0.1) is 0 Å². The predicted molar refractivity (Wildman–Crippen MR) is 347 cm³/mol. The predicted octanol–water partition coefficient (Wildman–Crippen LogP) is 19.0. The van der Waals surface area contributed by atoms with Gasteiger partial charge < -0.3 is 19.1 Å². The maximum Gasteiger partial charge on any atom is 0.252 e. The van der Waals surface area contributed by atoms with E-state index in [1.54, 1.807) is 0 Å². The van der Waals surface area contributed by atoms with Gasteiger partial charge in [0.1, 0.15) is 11.5 Å². The molecular formula is C78H50BN3O. The minimum atomic E-state index is -0.227. The van der Waals surface area contributed by atoms with Crippen LogP contribution < -0.4 is 30.9 Å². The highest BCUT2D eigenvalue weighted by atomic mass is 16.5. The van der Waals surface area contributed by atoms with E-state index in [9.17, 15) is 0 Å². The van der Waals surface area contributed by atoms with E-state index in [0.29, 0.717) is 0 Å². The Hall–Kier alpha value is -10.9. The summed E-state index contributed by atoms with van der Waals surface area (Å²) in [6, 6.07) is 112. The van der Waals surface area contributed by atoms with Crippen molar-refractivity contribution in [2.24, 2.45) is 0 Å². The fourth-order valence-corrected chi connectivity index (χ4v) is 13.7. The first-order valence-corrected chi connectivity index (χ1v) is 28.6. The Morgan fingerprint density at radius 2 is 0.699 bits per heavy atom. The molecule has 0 saturated carbocycles. The summed E-state index contributed by atoms with van der Waals surface area (Å²) in [5.41, 5.74) is 27.1. The van der Waals surface area contributed by atoms with Crippen molar-refractivity contribution in [2.75, 3.05) is 9.80 Å². The first-order chi connectivity index (χ1) is 41.2. The number of aromatic nitrogens is 1. The monoisotopic (exact) mass is 1060 g/mol. The quantitative estimate of drug-likeness (QED) is 0.155. The van der Waals surface area contributed by atoms with Gasteiger partial charge in [-0.3, -0.25) is 0 Å². The molecule has 4 heterocycles. The second-order valence-electron chi connectivity index (χ2n) is 21.9. The number of benzene rings is 13. The number of ether oxygens (including phenoxy) is 1. The molecule has 0 aliphatic carbocycles. The Bertz CT molecular complexity index is 4830. The van der Waals surface area contributed by atoms with Crippen molar-refractivity contribution >= 4 is 79.0 Å². The van der Waals surface area contributed by atoms with E-state index in [2.05, 4.69) is 318 Å². The zero-order chi connectivity index (χ0) is 54.5. The molecule has 3 aliphatic heterocycles. The number of anilines is 6. The van der Waals surface area contributed by atoms with Crippen LogP contribution in [0, 0.1) is 0 Å². The molecule has 0 N–H and O–H groups in total. The SMILES string of the molecule is c1ccc(-c2ccc(N3c4ccc(-c5ccccc5)cc4B4c5cc(-c6ccccc6)cc6c5N(c5ccc(-c7ccccc7)cc5-c5ccccc5Oc5ccccc5-6)c5cc(-n6c7ccccc7c7ccccc76)cc3c54)cc2)cc1. The van der Waals surface area contributed by atoms with Crippen LogP contribution >= 0.6 is 0 Å². The fraction of sp³-hybridized carbons (Fsp3) is 0. The summed E-state index contributed by atoms with van der Waals surface area (Å²) in [6.07, 6.45) is 0. The maximum absolute atomic E-state index is 7.34. The van der Waals surface area contributed by atoms with Crippen LogP contribution in [0.1, 0.15) is 0 Å². The molecule has 14 aromatic rings. The molecule has 13 aromatic carbocycles. The molecule has 0 bridgehead atoms. The lowest BCUT2D eigenvalue weighted by Crippen LogP contribution is -2.61. The van der Waals surface area contributed by atoms with Crippen molar-refractivity contribution in [3.8, 4) is 83.9 Å². The number of fused-ring (bicyclic) bond motifs is 13. The third-order valence-corrected chi connectivity index (χ3v) is 17.3. The molecule has 386 valence electrons. The molecule has 17 rings (SSSR count). The van der Waals surface area contributed by atoms with Gasteiger partial charge >= 0.3 is 0 Å². The highest BCUT2D eigenvalue weighted by molar-refractivity contribution is 7.00. The van der Waals surface area contributed by atoms with Gasteiger partial charge in [-0.2, -0.15) is 0 Å². The van der Waals surface area contributed by atoms with Crippen molar-refractivity contribution in [2.45, 2.75) is 0 Å². The molecule has 0 spiro atoms. The zero-order valence-electron chi connectivity index (χ0n) is 45.2. The standard InChI is InChI=1S/C78H50BN3O/c1-5-21-51(22-6-1)55-37-41-59(42-38-55)80-72-44-40-57(53-25-9-3-10-26-53)47-67(72)79-68-48-58(54-27-11-4-12-28-54)46-66-64-32-16-20-36-76(64)83-75-35-19-15-31-63(75)65-45-56(52-23-7-2-8-24-52)39-43-71(65)82(78(66)68)74-50-60(49-73(80)77(74)79)81-69-33-17-13-29-61(69)62-30-14-18-34-70(62)81/h1-50H. The second-order valence-corrected chi connectivity index (χ2v) is 21.9. The molecule has 4 nitrogen and oxygen atoms in total. The Morgan fingerprint density at radius 1 is 0.265 bits per heavy atom. The summed E-state index contributed by atoms with van der Waals surface area (Å²) in [6.45, 7) is -0.227. The van der Waals surface area contributed by atoms with Crippen LogP contribution in [-0.2, 0) is 0 Å². The fourth-order valence-electron chi connectivity index (χ4n) is 13.7. The summed E-state index contributed by atoms with van der Waals surface area (Å²) in [7, 11) is 0. The van der Waals surface area contributed by atoms with Gasteiger partial charge in [0, 0.05) is 61.5 Å². The van der Waals surface area contributed by atoms with Gasteiger partial charge in [-0.1, -0.05) is 231 Å². The summed E-state index contributed by atoms with van der Waals surface area (Å²) in [5, 5.41) is 2.43. The Morgan fingerprint density at radius 3 is 1.30 bits per heavy atom. The molecule has 0 fully saturated rings. The molecule has 0 amide bonds. The summed E-state index contributed by atoms with van der Waals surface area (Å²) in [5.74, 6) is 1.58. The molecule has 0 unspecified atom stereocenters. The van der Waals surface area contributed by atoms with Crippen molar-refractivity contribution in [1.29, 1.82) is 0 Å². The normalized spacial score (nSPS) is 12.6. The van der Waals surface area contributed by atoms with Crippen LogP contribution in [-0.4, -0.2) is 11.3 Å². The van der Waals surface area contributed by atoms with E-state index in [1.165, 1.54) is 49.4 Å². The minimum absolute atomic E-state index is 0.227. The molecular weight excluding hydrogens is 1010 g/mol. The number of para-hydroxylation sites is 4. The van der Waals surface area contributed by atoms with Gasteiger partial charge in [-0.25, -0.2) is 0 Å². The minimum Gasteiger partial charge on any atom is -0.456 e. The first-order valence-electron chi connectivity index (χ1n) is 28.6. The lowest BCUT2D eigenvalue weighted by atomic mass is 9.33. The average molecular weight is 1060 g/mol. The van der Waals surface area contributed by atoms with E-state index in [-0.39, 0.29) is 6.71 Å². The highest BCUT2D eigenvalue weighted by Crippen LogP contribution is 2.55. The molecule has 83 heavy (non-hydrogen) atoms. The van der Waals surface area contributed by atoms with Crippen LogP contribution in [0.5, 0.6) is 11.5 Å². The smallest absolute Gasteiger partial charge is 0.252 e. The van der Waals surface area contributed by atoms with Crippen LogP contribution in [0.3, 0.4) is 0 Å².